The third-order valence-electron chi connectivity index (χ3n) is 4.94. The molecule has 0 radical (unpaired) electrons. The molecule has 4 bridgehead atoms. The number of hydrogen-bond donors (Lipinski definition) is 0. The van der Waals surface area contributed by atoms with Crippen molar-refractivity contribution in [2.24, 2.45) is 11.8 Å². The molecule has 94 valence electrons. The van der Waals surface area contributed by atoms with Gasteiger partial charge in [0.1, 0.15) is 5.60 Å². The van der Waals surface area contributed by atoms with E-state index in [1.165, 1.54) is 0 Å². The lowest BCUT2D eigenvalue weighted by molar-refractivity contribution is -0.173. The van der Waals surface area contributed by atoms with Gasteiger partial charge in [0, 0.05) is 19.1 Å². The van der Waals surface area contributed by atoms with Crippen LogP contribution in [0.15, 0.2) is 12.2 Å². The maximum absolute atomic E-state index is 11.7. The molecule has 0 heterocycles. The minimum Gasteiger partial charge on any atom is -0.456 e. The Labute approximate surface area is 102 Å². The molecule has 0 N–H and O–H groups in total. The Morgan fingerprint density at radius 3 is 2.18 bits per heavy atom. The molecule has 2 atom stereocenters. The minimum absolute atomic E-state index is 0.0127. The average Bonchev–Trinajstić information content (AvgIpc) is 2.64. The van der Waals surface area contributed by atoms with E-state index >= 15 is 0 Å². The molecule has 4 aliphatic carbocycles. The molecule has 0 aromatic heterocycles. The van der Waals surface area contributed by atoms with Crippen molar-refractivity contribution in [3.63, 3.8) is 0 Å². The Kier molecular flexibility index (Phi) is 2.22. The minimum atomic E-state index is -0.252. The SMILES string of the molecule is C=C(C)C(=O)OC12CC3CC(OC)(CC3C1)C2. The first-order valence-electron chi connectivity index (χ1n) is 6.42. The van der Waals surface area contributed by atoms with E-state index < -0.39 is 0 Å². The van der Waals surface area contributed by atoms with Crippen molar-refractivity contribution in [2.45, 2.75) is 50.2 Å². The molecule has 2 unspecified atom stereocenters. The van der Waals surface area contributed by atoms with Crippen molar-refractivity contribution in [1.29, 1.82) is 0 Å². The van der Waals surface area contributed by atoms with Gasteiger partial charge in [-0.2, -0.15) is 0 Å². The molecule has 3 nitrogen and oxygen atoms in total. The summed E-state index contributed by atoms with van der Waals surface area (Å²) in [5.41, 5.74) is 0.229. The second kappa shape index (κ2) is 3.35. The maximum Gasteiger partial charge on any atom is 0.333 e. The number of carbonyl (C=O) groups excluding carboxylic acids is 1. The van der Waals surface area contributed by atoms with E-state index in [9.17, 15) is 4.79 Å². The lowest BCUT2D eigenvalue weighted by Crippen LogP contribution is -2.48. The molecular weight excluding hydrogens is 216 g/mol. The molecule has 0 spiro atoms. The Morgan fingerprint density at radius 1 is 1.18 bits per heavy atom. The van der Waals surface area contributed by atoms with Crippen molar-refractivity contribution < 1.29 is 14.3 Å². The molecule has 4 saturated carbocycles. The standard InChI is InChI=1S/C14H20O3/c1-9(2)12(15)17-14-6-10-4-13(8-14,16-3)5-11(10)7-14/h10-11H,1,4-8H2,2-3H3. The molecule has 3 heteroatoms. The lowest BCUT2D eigenvalue weighted by Gasteiger charge is -2.44. The molecule has 0 saturated heterocycles. The van der Waals surface area contributed by atoms with Gasteiger partial charge in [0.05, 0.1) is 5.60 Å². The van der Waals surface area contributed by atoms with Crippen LogP contribution < -0.4 is 0 Å². The highest BCUT2D eigenvalue weighted by Crippen LogP contribution is 2.64. The number of hydrogen-bond acceptors (Lipinski definition) is 3. The molecule has 17 heavy (non-hydrogen) atoms. The average molecular weight is 236 g/mol. The smallest absolute Gasteiger partial charge is 0.333 e. The summed E-state index contributed by atoms with van der Waals surface area (Å²) in [6, 6.07) is 0. The van der Waals surface area contributed by atoms with Gasteiger partial charge in [0.25, 0.3) is 0 Å². The van der Waals surface area contributed by atoms with Crippen LogP contribution >= 0.6 is 0 Å². The summed E-state index contributed by atoms with van der Waals surface area (Å²) < 4.78 is 11.5. The van der Waals surface area contributed by atoms with Gasteiger partial charge in [-0.05, 0) is 44.4 Å². The lowest BCUT2D eigenvalue weighted by atomic mass is 9.75. The molecule has 0 amide bonds. The van der Waals surface area contributed by atoms with Crippen LogP contribution in [0.3, 0.4) is 0 Å². The van der Waals surface area contributed by atoms with Gasteiger partial charge in [0.15, 0.2) is 0 Å². The summed E-state index contributed by atoms with van der Waals surface area (Å²) in [4.78, 5) is 11.7. The van der Waals surface area contributed by atoms with Crippen molar-refractivity contribution in [3.05, 3.63) is 12.2 Å². The fourth-order valence-electron chi connectivity index (χ4n) is 4.41. The summed E-state index contributed by atoms with van der Waals surface area (Å²) in [5.74, 6) is 1.15. The van der Waals surface area contributed by atoms with Crippen LogP contribution in [-0.4, -0.2) is 24.3 Å². The van der Waals surface area contributed by atoms with Crippen molar-refractivity contribution in [3.8, 4) is 0 Å². The number of rotatable bonds is 3. The number of carbonyl (C=O) groups is 1. The normalized spacial score (nSPS) is 46.2. The quantitative estimate of drug-likeness (QED) is 0.558. The Bertz CT molecular complexity index is 371. The highest BCUT2D eigenvalue weighted by Gasteiger charge is 2.64. The van der Waals surface area contributed by atoms with E-state index in [-0.39, 0.29) is 17.2 Å². The fraction of sp³-hybridized carbons (Fsp3) is 0.786. The number of methoxy groups -OCH3 is 1. The monoisotopic (exact) mass is 236 g/mol. The summed E-state index contributed by atoms with van der Waals surface area (Å²) >= 11 is 0. The van der Waals surface area contributed by atoms with Crippen LogP contribution in [0.2, 0.25) is 0 Å². The summed E-state index contributed by atoms with van der Waals surface area (Å²) in [6.45, 7) is 5.37. The third-order valence-corrected chi connectivity index (χ3v) is 4.94. The van der Waals surface area contributed by atoms with Gasteiger partial charge < -0.3 is 9.47 Å². The highest BCUT2D eigenvalue weighted by atomic mass is 16.6. The predicted molar refractivity (Wildman–Crippen MR) is 63.4 cm³/mol. The zero-order valence-corrected chi connectivity index (χ0v) is 10.6. The molecule has 0 aromatic rings. The largest absolute Gasteiger partial charge is 0.456 e. The van der Waals surface area contributed by atoms with E-state index in [1.54, 1.807) is 14.0 Å². The van der Waals surface area contributed by atoms with Gasteiger partial charge in [0.2, 0.25) is 0 Å². The second-order valence-electron chi connectivity index (χ2n) is 6.25. The summed E-state index contributed by atoms with van der Waals surface area (Å²) in [7, 11) is 1.79. The molecule has 4 rings (SSSR count). The molecule has 4 fully saturated rings. The van der Waals surface area contributed by atoms with Crippen LogP contribution in [0.25, 0.3) is 0 Å². The maximum atomic E-state index is 11.7. The highest BCUT2D eigenvalue weighted by molar-refractivity contribution is 5.87. The van der Waals surface area contributed by atoms with Gasteiger partial charge in [-0.3, -0.25) is 0 Å². The third kappa shape index (κ3) is 1.55. The van der Waals surface area contributed by atoms with E-state index in [1.807, 2.05) is 0 Å². The van der Waals surface area contributed by atoms with Crippen LogP contribution in [0, 0.1) is 11.8 Å². The Hall–Kier alpha value is -0.830. The molecule has 0 aliphatic heterocycles. The first-order valence-corrected chi connectivity index (χ1v) is 6.42. The Balaban J connectivity index is 1.82. The van der Waals surface area contributed by atoms with Gasteiger partial charge >= 0.3 is 5.97 Å². The first-order chi connectivity index (χ1) is 7.98. The predicted octanol–water partition coefficient (Wildman–Crippen LogP) is 2.45. The zero-order chi connectivity index (χ0) is 12.3. The summed E-state index contributed by atoms with van der Waals surface area (Å²) in [5, 5.41) is 0. The van der Waals surface area contributed by atoms with Gasteiger partial charge in [-0.25, -0.2) is 4.79 Å². The molecule has 0 aromatic carbocycles. The van der Waals surface area contributed by atoms with Crippen molar-refractivity contribution >= 4 is 5.97 Å². The van der Waals surface area contributed by atoms with E-state index in [2.05, 4.69) is 6.58 Å². The van der Waals surface area contributed by atoms with E-state index in [4.69, 9.17) is 9.47 Å². The van der Waals surface area contributed by atoms with Crippen molar-refractivity contribution in [1.82, 2.24) is 0 Å². The zero-order valence-electron chi connectivity index (χ0n) is 10.6. The molecule has 4 aliphatic rings. The number of esters is 1. The Morgan fingerprint density at radius 2 is 1.71 bits per heavy atom. The van der Waals surface area contributed by atoms with Crippen LogP contribution in [0.4, 0.5) is 0 Å². The molecular formula is C14H20O3. The van der Waals surface area contributed by atoms with E-state index in [0.717, 1.165) is 32.1 Å². The topological polar surface area (TPSA) is 35.5 Å². The first kappa shape index (κ1) is 11.3. The van der Waals surface area contributed by atoms with E-state index in [0.29, 0.717) is 17.4 Å². The summed E-state index contributed by atoms with van der Waals surface area (Å²) in [6.07, 6.45) is 5.24. The van der Waals surface area contributed by atoms with Gasteiger partial charge in [-0.15, -0.1) is 0 Å². The van der Waals surface area contributed by atoms with Crippen LogP contribution in [-0.2, 0) is 14.3 Å². The van der Waals surface area contributed by atoms with Crippen molar-refractivity contribution in [2.75, 3.05) is 7.11 Å². The fourth-order valence-corrected chi connectivity index (χ4v) is 4.41. The second-order valence-corrected chi connectivity index (χ2v) is 6.25. The van der Waals surface area contributed by atoms with Crippen LogP contribution in [0.1, 0.15) is 39.0 Å². The van der Waals surface area contributed by atoms with Gasteiger partial charge in [-0.1, -0.05) is 6.58 Å². The number of ether oxygens (including phenoxy) is 2. The van der Waals surface area contributed by atoms with Crippen LogP contribution in [0.5, 0.6) is 0 Å².